The zero-order chi connectivity index (χ0) is 16.4. The smallest absolute Gasteiger partial charge is 0.273 e. The second kappa shape index (κ2) is 6.32. The average molecular weight is 316 g/mol. The van der Waals surface area contributed by atoms with Crippen molar-refractivity contribution in [1.82, 2.24) is 10.2 Å². The molecule has 1 saturated carbocycles. The summed E-state index contributed by atoms with van der Waals surface area (Å²) in [5.41, 5.74) is 0.266. The van der Waals surface area contributed by atoms with Crippen LogP contribution >= 0.6 is 0 Å². The van der Waals surface area contributed by atoms with Crippen LogP contribution in [0.2, 0.25) is 0 Å². The van der Waals surface area contributed by atoms with Crippen LogP contribution in [0.4, 0.5) is 9.18 Å². The second-order valence-corrected chi connectivity index (χ2v) is 5.84. The first-order chi connectivity index (χ1) is 11.1. The fourth-order valence-corrected chi connectivity index (χ4v) is 3.11. The van der Waals surface area contributed by atoms with Gasteiger partial charge < -0.3 is 0 Å². The molecule has 0 spiro atoms. The van der Waals surface area contributed by atoms with Gasteiger partial charge in [-0.05, 0) is 36.6 Å². The molecule has 3 rings (SSSR count). The Morgan fingerprint density at radius 1 is 1.13 bits per heavy atom. The number of nitrogens with one attached hydrogen (secondary N) is 1. The van der Waals surface area contributed by atoms with Gasteiger partial charge in [-0.15, -0.1) is 0 Å². The highest BCUT2D eigenvalue weighted by Crippen LogP contribution is 2.26. The number of halogens is 1. The molecule has 0 radical (unpaired) electrons. The first kappa shape index (κ1) is 15.4. The molecule has 120 valence electrons. The van der Waals surface area contributed by atoms with Gasteiger partial charge in [0.15, 0.2) is 0 Å². The Morgan fingerprint density at radius 3 is 2.57 bits per heavy atom. The van der Waals surface area contributed by atoms with Gasteiger partial charge in [-0.1, -0.05) is 31.4 Å². The summed E-state index contributed by atoms with van der Waals surface area (Å²) in [5.74, 6) is -1.80. The first-order valence-corrected chi connectivity index (χ1v) is 7.72. The number of amides is 4. The lowest BCUT2D eigenvalue weighted by Crippen LogP contribution is -2.58. The van der Waals surface area contributed by atoms with Crippen molar-refractivity contribution in [1.29, 1.82) is 0 Å². The van der Waals surface area contributed by atoms with E-state index < -0.39 is 23.7 Å². The predicted octanol–water partition coefficient (Wildman–Crippen LogP) is 2.62. The molecule has 0 aromatic heterocycles. The van der Waals surface area contributed by atoms with Gasteiger partial charge in [-0.2, -0.15) is 0 Å². The van der Waals surface area contributed by atoms with Crippen LogP contribution in [0.15, 0.2) is 29.8 Å². The Balaban J connectivity index is 1.91. The van der Waals surface area contributed by atoms with Crippen molar-refractivity contribution < 1.29 is 18.8 Å². The molecule has 1 saturated heterocycles. The van der Waals surface area contributed by atoms with Crippen LogP contribution in [0, 0.1) is 5.82 Å². The third kappa shape index (κ3) is 3.16. The normalized spacial score (nSPS) is 21.7. The molecule has 0 atom stereocenters. The van der Waals surface area contributed by atoms with Crippen molar-refractivity contribution in [2.24, 2.45) is 0 Å². The lowest BCUT2D eigenvalue weighted by atomic mass is 9.93. The maximum absolute atomic E-state index is 13.3. The third-order valence-corrected chi connectivity index (χ3v) is 4.23. The van der Waals surface area contributed by atoms with Gasteiger partial charge in [-0.3, -0.25) is 19.8 Å². The zero-order valence-electron chi connectivity index (χ0n) is 12.5. The summed E-state index contributed by atoms with van der Waals surface area (Å²) in [6.07, 6.45) is 5.83. The van der Waals surface area contributed by atoms with Crippen molar-refractivity contribution in [2.75, 3.05) is 0 Å². The van der Waals surface area contributed by atoms with E-state index >= 15 is 0 Å². The van der Waals surface area contributed by atoms with Gasteiger partial charge >= 0.3 is 6.03 Å². The Morgan fingerprint density at radius 2 is 1.87 bits per heavy atom. The van der Waals surface area contributed by atoms with E-state index in [4.69, 9.17) is 0 Å². The second-order valence-electron chi connectivity index (χ2n) is 5.84. The standard InChI is InChI=1S/C17H17FN2O3/c18-12-6-4-5-11(9-12)10-14-15(21)19-17(23)20(16(14)22)13-7-2-1-3-8-13/h4-6,9-10,13H,1-3,7-8H2,(H,19,21,23)/b14-10-. The topological polar surface area (TPSA) is 66.5 Å². The molecule has 1 aromatic carbocycles. The summed E-state index contributed by atoms with van der Waals surface area (Å²) in [5, 5.41) is 2.21. The van der Waals surface area contributed by atoms with Crippen LogP contribution in [-0.4, -0.2) is 28.8 Å². The van der Waals surface area contributed by atoms with E-state index in [9.17, 15) is 18.8 Å². The minimum absolute atomic E-state index is 0.138. The molecule has 1 aliphatic heterocycles. The van der Waals surface area contributed by atoms with Crippen LogP contribution in [0.25, 0.3) is 6.08 Å². The molecule has 0 bridgehead atoms. The average Bonchev–Trinajstić information content (AvgIpc) is 2.52. The molecule has 1 heterocycles. The van der Waals surface area contributed by atoms with E-state index in [1.54, 1.807) is 6.07 Å². The number of imide groups is 2. The van der Waals surface area contributed by atoms with Crippen molar-refractivity contribution in [3.8, 4) is 0 Å². The summed E-state index contributed by atoms with van der Waals surface area (Å²) in [7, 11) is 0. The lowest BCUT2D eigenvalue weighted by Gasteiger charge is -2.35. The highest BCUT2D eigenvalue weighted by molar-refractivity contribution is 6.31. The van der Waals surface area contributed by atoms with Crippen molar-refractivity contribution >= 4 is 23.9 Å². The molecule has 1 aromatic rings. The van der Waals surface area contributed by atoms with Crippen LogP contribution in [0.1, 0.15) is 37.7 Å². The number of hydrogen-bond donors (Lipinski definition) is 1. The van der Waals surface area contributed by atoms with Gasteiger partial charge in [0.2, 0.25) is 0 Å². The van der Waals surface area contributed by atoms with E-state index in [0.717, 1.165) is 37.0 Å². The number of rotatable bonds is 2. The van der Waals surface area contributed by atoms with Crippen LogP contribution in [0.5, 0.6) is 0 Å². The largest absolute Gasteiger partial charge is 0.331 e. The summed E-state index contributed by atoms with van der Waals surface area (Å²) in [4.78, 5) is 37.8. The third-order valence-electron chi connectivity index (χ3n) is 4.23. The van der Waals surface area contributed by atoms with Crippen LogP contribution < -0.4 is 5.32 Å². The molecule has 2 aliphatic rings. The fourth-order valence-electron chi connectivity index (χ4n) is 3.11. The molecule has 4 amide bonds. The van der Waals surface area contributed by atoms with Gasteiger partial charge in [-0.25, -0.2) is 9.18 Å². The van der Waals surface area contributed by atoms with Gasteiger partial charge in [0.25, 0.3) is 11.8 Å². The molecule has 6 heteroatoms. The number of benzene rings is 1. The highest BCUT2D eigenvalue weighted by atomic mass is 19.1. The zero-order valence-corrected chi connectivity index (χ0v) is 12.5. The van der Waals surface area contributed by atoms with Gasteiger partial charge in [0, 0.05) is 6.04 Å². The fraction of sp³-hybridized carbons (Fsp3) is 0.353. The minimum Gasteiger partial charge on any atom is -0.273 e. The van der Waals surface area contributed by atoms with E-state index in [0.29, 0.717) is 5.56 Å². The Bertz CT molecular complexity index is 693. The molecular weight excluding hydrogens is 299 g/mol. The molecular formula is C17H17FN2O3. The number of barbiturate groups is 1. The Hall–Kier alpha value is -2.50. The maximum atomic E-state index is 13.3. The number of carbonyl (C=O) groups is 3. The molecule has 23 heavy (non-hydrogen) atoms. The van der Waals surface area contributed by atoms with Crippen LogP contribution in [-0.2, 0) is 9.59 Å². The Labute approximate surface area is 133 Å². The summed E-state index contributed by atoms with van der Waals surface area (Å²) in [6.45, 7) is 0. The molecule has 0 unspecified atom stereocenters. The Kier molecular flexibility index (Phi) is 4.23. The van der Waals surface area contributed by atoms with E-state index in [1.165, 1.54) is 24.3 Å². The minimum atomic E-state index is -0.740. The van der Waals surface area contributed by atoms with Crippen molar-refractivity contribution in [3.63, 3.8) is 0 Å². The highest BCUT2D eigenvalue weighted by Gasteiger charge is 2.40. The molecule has 5 nitrogen and oxygen atoms in total. The molecule has 1 N–H and O–H groups in total. The quantitative estimate of drug-likeness (QED) is 0.674. The van der Waals surface area contributed by atoms with Crippen LogP contribution in [0.3, 0.4) is 0 Å². The van der Waals surface area contributed by atoms with Crippen molar-refractivity contribution in [3.05, 3.63) is 41.2 Å². The summed E-state index contributed by atoms with van der Waals surface area (Å²) in [6, 6.07) is 4.76. The van der Waals surface area contributed by atoms with E-state index in [-0.39, 0.29) is 11.6 Å². The molecule has 2 fully saturated rings. The maximum Gasteiger partial charge on any atom is 0.331 e. The number of urea groups is 1. The van der Waals surface area contributed by atoms with E-state index in [2.05, 4.69) is 5.32 Å². The predicted molar refractivity (Wildman–Crippen MR) is 81.6 cm³/mol. The number of hydrogen-bond acceptors (Lipinski definition) is 3. The SMILES string of the molecule is O=C1NC(=O)N(C2CCCCC2)C(=O)/C1=C\c1cccc(F)c1. The van der Waals surface area contributed by atoms with Gasteiger partial charge in [0.1, 0.15) is 11.4 Å². The summed E-state index contributed by atoms with van der Waals surface area (Å²) >= 11 is 0. The van der Waals surface area contributed by atoms with E-state index in [1.807, 2.05) is 0 Å². The monoisotopic (exact) mass is 316 g/mol. The number of carbonyl (C=O) groups excluding carboxylic acids is 3. The summed E-state index contributed by atoms with van der Waals surface area (Å²) < 4.78 is 13.3. The number of nitrogens with zero attached hydrogens (tertiary/aromatic N) is 1. The van der Waals surface area contributed by atoms with Gasteiger partial charge in [0.05, 0.1) is 0 Å². The first-order valence-electron chi connectivity index (χ1n) is 7.72. The lowest BCUT2D eigenvalue weighted by molar-refractivity contribution is -0.132. The van der Waals surface area contributed by atoms with Crippen molar-refractivity contribution in [2.45, 2.75) is 38.1 Å². The molecule has 1 aliphatic carbocycles.